The molecule has 2 nitrogen and oxygen atoms in total. The summed E-state index contributed by atoms with van der Waals surface area (Å²) in [6.45, 7) is 6.29. The Balaban J connectivity index is 1.88. The van der Waals surface area contributed by atoms with Crippen LogP contribution in [0.3, 0.4) is 0 Å². The van der Waals surface area contributed by atoms with Gasteiger partial charge in [0.05, 0.1) is 6.10 Å². The van der Waals surface area contributed by atoms with E-state index in [1.165, 1.54) is 37.0 Å². The SMILES string of the molecule is CCCNC(CCc1cccs1)C(OCC)C1CC1. The van der Waals surface area contributed by atoms with E-state index in [9.17, 15) is 0 Å². The van der Waals surface area contributed by atoms with Crippen molar-refractivity contribution in [2.75, 3.05) is 13.2 Å². The Morgan fingerprint density at radius 1 is 1.42 bits per heavy atom. The Labute approximate surface area is 121 Å². The third-order valence-corrected chi connectivity index (χ3v) is 4.72. The van der Waals surface area contributed by atoms with E-state index in [-0.39, 0.29) is 0 Å². The largest absolute Gasteiger partial charge is 0.377 e. The molecule has 19 heavy (non-hydrogen) atoms. The van der Waals surface area contributed by atoms with Gasteiger partial charge in [-0.2, -0.15) is 0 Å². The topological polar surface area (TPSA) is 21.3 Å². The van der Waals surface area contributed by atoms with Crippen LogP contribution in [0.1, 0.15) is 44.4 Å². The molecule has 2 atom stereocenters. The van der Waals surface area contributed by atoms with Gasteiger partial charge in [-0.3, -0.25) is 0 Å². The van der Waals surface area contributed by atoms with Crippen LogP contribution >= 0.6 is 11.3 Å². The Morgan fingerprint density at radius 2 is 2.26 bits per heavy atom. The number of hydrogen-bond donors (Lipinski definition) is 1. The summed E-state index contributed by atoms with van der Waals surface area (Å²) >= 11 is 1.87. The average molecular weight is 281 g/mol. The van der Waals surface area contributed by atoms with Gasteiger partial charge in [0.2, 0.25) is 0 Å². The number of thiophene rings is 1. The van der Waals surface area contributed by atoms with Gasteiger partial charge in [0.25, 0.3) is 0 Å². The van der Waals surface area contributed by atoms with E-state index < -0.39 is 0 Å². The zero-order valence-electron chi connectivity index (χ0n) is 12.2. The zero-order valence-corrected chi connectivity index (χ0v) is 13.0. The highest BCUT2D eigenvalue weighted by molar-refractivity contribution is 7.09. The second-order valence-electron chi connectivity index (χ2n) is 5.44. The molecule has 0 bridgehead atoms. The lowest BCUT2D eigenvalue weighted by Crippen LogP contribution is -2.43. The first-order chi connectivity index (χ1) is 9.35. The van der Waals surface area contributed by atoms with Crippen molar-refractivity contribution in [2.45, 2.75) is 58.1 Å². The quantitative estimate of drug-likeness (QED) is 0.703. The second kappa shape index (κ2) is 8.03. The molecule has 1 heterocycles. The van der Waals surface area contributed by atoms with Gasteiger partial charge in [-0.05, 0) is 62.9 Å². The number of aryl methyl sites for hydroxylation is 1. The minimum atomic E-state index is 0.427. The normalized spacial score (nSPS) is 18.4. The molecule has 1 saturated carbocycles. The molecule has 1 aliphatic carbocycles. The van der Waals surface area contributed by atoms with Gasteiger partial charge in [-0.1, -0.05) is 13.0 Å². The molecule has 2 rings (SSSR count). The Kier molecular flexibility index (Phi) is 6.35. The summed E-state index contributed by atoms with van der Waals surface area (Å²) in [4.78, 5) is 1.49. The third-order valence-electron chi connectivity index (χ3n) is 3.78. The van der Waals surface area contributed by atoms with E-state index in [4.69, 9.17) is 4.74 Å². The van der Waals surface area contributed by atoms with E-state index in [0.29, 0.717) is 12.1 Å². The van der Waals surface area contributed by atoms with Crippen LogP contribution in [-0.4, -0.2) is 25.3 Å². The first kappa shape index (κ1) is 15.0. The van der Waals surface area contributed by atoms with Gasteiger partial charge in [-0.25, -0.2) is 0 Å². The molecule has 0 radical (unpaired) electrons. The highest BCUT2D eigenvalue weighted by Crippen LogP contribution is 2.36. The van der Waals surface area contributed by atoms with Crippen LogP contribution in [-0.2, 0) is 11.2 Å². The molecule has 2 unspecified atom stereocenters. The van der Waals surface area contributed by atoms with Gasteiger partial charge in [0, 0.05) is 17.5 Å². The van der Waals surface area contributed by atoms with Gasteiger partial charge in [0.15, 0.2) is 0 Å². The van der Waals surface area contributed by atoms with Gasteiger partial charge < -0.3 is 10.1 Å². The summed E-state index contributed by atoms with van der Waals surface area (Å²) in [6.07, 6.45) is 6.70. The van der Waals surface area contributed by atoms with E-state index >= 15 is 0 Å². The molecule has 3 heteroatoms. The highest BCUT2D eigenvalue weighted by atomic mass is 32.1. The van der Waals surface area contributed by atoms with Crippen molar-refractivity contribution >= 4 is 11.3 Å². The first-order valence-corrected chi connectivity index (χ1v) is 8.60. The smallest absolute Gasteiger partial charge is 0.0756 e. The third kappa shape index (κ3) is 4.90. The molecule has 0 saturated heterocycles. The van der Waals surface area contributed by atoms with Gasteiger partial charge in [0.1, 0.15) is 0 Å². The minimum Gasteiger partial charge on any atom is -0.377 e. The number of ether oxygens (including phenoxy) is 1. The van der Waals surface area contributed by atoms with Crippen molar-refractivity contribution in [3.05, 3.63) is 22.4 Å². The maximum Gasteiger partial charge on any atom is 0.0756 e. The van der Waals surface area contributed by atoms with Gasteiger partial charge >= 0.3 is 0 Å². The molecule has 0 aromatic carbocycles. The average Bonchev–Trinajstić information content (AvgIpc) is 3.13. The predicted octanol–water partition coefficient (Wildman–Crippen LogP) is 3.86. The minimum absolute atomic E-state index is 0.427. The molecule has 0 amide bonds. The van der Waals surface area contributed by atoms with E-state index in [1.807, 2.05) is 11.3 Å². The molecule has 1 N–H and O–H groups in total. The summed E-state index contributed by atoms with van der Waals surface area (Å²) in [5.41, 5.74) is 0. The highest BCUT2D eigenvalue weighted by Gasteiger charge is 2.36. The molecule has 1 aromatic heterocycles. The Bertz CT molecular complexity index is 335. The fourth-order valence-electron chi connectivity index (χ4n) is 2.66. The fourth-order valence-corrected chi connectivity index (χ4v) is 3.39. The van der Waals surface area contributed by atoms with E-state index in [0.717, 1.165) is 19.1 Å². The summed E-state index contributed by atoms with van der Waals surface area (Å²) in [5.74, 6) is 0.803. The maximum atomic E-state index is 6.04. The van der Waals surface area contributed by atoms with Crippen molar-refractivity contribution in [1.82, 2.24) is 5.32 Å². The van der Waals surface area contributed by atoms with Crippen LogP contribution < -0.4 is 5.32 Å². The van der Waals surface area contributed by atoms with Crippen molar-refractivity contribution in [2.24, 2.45) is 5.92 Å². The number of hydrogen-bond acceptors (Lipinski definition) is 3. The van der Waals surface area contributed by atoms with Gasteiger partial charge in [-0.15, -0.1) is 11.3 Å². The molecule has 0 aliphatic heterocycles. The van der Waals surface area contributed by atoms with Crippen molar-refractivity contribution < 1.29 is 4.74 Å². The monoisotopic (exact) mass is 281 g/mol. The standard InChI is InChI=1S/C16H27NOS/c1-3-11-17-15(10-9-14-6-5-12-19-14)16(18-4-2)13-7-8-13/h5-6,12-13,15-17H,3-4,7-11H2,1-2H3. The Morgan fingerprint density at radius 3 is 2.84 bits per heavy atom. The molecule has 108 valence electrons. The Hall–Kier alpha value is -0.380. The molecule has 1 aliphatic rings. The fraction of sp³-hybridized carbons (Fsp3) is 0.750. The zero-order chi connectivity index (χ0) is 13.5. The van der Waals surface area contributed by atoms with Crippen molar-refractivity contribution in [1.29, 1.82) is 0 Å². The second-order valence-corrected chi connectivity index (χ2v) is 6.47. The summed E-state index contributed by atoms with van der Waals surface area (Å²) < 4.78 is 6.04. The summed E-state index contributed by atoms with van der Waals surface area (Å²) in [5, 5.41) is 5.89. The lowest BCUT2D eigenvalue weighted by molar-refractivity contribution is 0.0171. The molecular formula is C16H27NOS. The first-order valence-electron chi connectivity index (χ1n) is 7.72. The molecule has 1 aromatic rings. The number of rotatable bonds is 10. The molecular weight excluding hydrogens is 254 g/mol. The van der Waals surface area contributed by atoms with Crippen LogP contribution in [0.5, 0.6) is 0 Å². The van der Waals surface area contributed by atoms with Crippen LogP contribution in [0, 0.1) is 5.92 Å². The van der Waals surface area contributed by atoms with Crippen LogP contribution in [0.2, 0.25) is 0 Å². The summed E-state index contributed by atoms with van der Waals surface area (Å²) in [7, 11) is 0. The van der Waals surface area contributed by atoms with Crippen molar-refractivity contribution in [3.8, 4) is 0 Å². The maximum absolute atomic E-state index is 6.04. The van der Waals surface area contributed by atoms with Crippen molar-refractivity contribution in [3.63, 3.8) is 0 Å². The van der Waals surface area contributed by atoms with Crippen LogP contribution in [0.15, 0.2) is 17.5 Å². The lowest BCUT2D eigenvalue weighted by atomic mass is 10.0. The van der Waals surface area contributed by atoms with E-state index in [2.05, 4.69) is 36.7 Å². The predicted molar refractivity (Wildman–Crippen MR) is 82.9 cm³/mol. The lowest BCUT2D eigenvalue weighted by Gasteiger charge is -2.28. The van der Waals surface area contributed by atoms with Crippen LogP contribution in [0.4, 0.5) is 0 Å². The van der Waals surface area contributed by atoms with E-state index in [1.54, 1.807) is 0 Å². The summed E-state index contributed by atoms with van der Waals surface area (Å²) in [6, 6.07) is 4.92. The van der Waals surface area contributed by atoms with Crippen LogP contribution in [0.25, 0.3) is 0 Å². The molecule has 0 spiro atoms. The number of nitrogens with one attached hydrogen (secondary N) is 1. The molecule has 1 fully saturated rings.